The average Bonchev–Trinajstić information content (AvgIpc) is 2.63. The zero-order chi connectivity index (χ0) is 17.0. The van der Waals surface area contributed by atoms with Crippen LogP contribution >= 0.6 is 0 Å². The summed E-state index contributed by atoms with van der Waals surface area (Å²) in [4.78, 5) is 0. The second kappa shape index (κ2) is 10.3. The predicted octanol–water partition coefficient (Wildman–Crippen LogP) is 3.90. The van der Waals surface area contributed by atoms with E-state index in [4.69, 9.17) is 18.9 Å². The van der Waals surface area contributed by atoms with Crippen LogP contribution in [-0.4, -0.2) is 33.5 Å². The van der Waals surface area contributed by atoms with Gasteiger partial charge in [0.1, 0.15) is 19.0 Å². The molecule has 128 valence electrons. The Labute approximate surface area is 143 Å². The minimum Gasteiger partial charge on any atom is -0.493 e. The summed E-state index contributed by atoms with van der Waals surface area (Å²) in [5.74, 6) is 2.29. The summed E-state index contributed by atoms with van der Waals surface area (Å²) in [6, 6.07) is 15.6. The summed E-state index contributed by atoms with van der Waals surface area (Å²) in [6.45, 7) is 5.74. The van der Waals surface area contributed by atoms with Crippen molar-refractivity contribution in [2.45, 2.75) is 6.42 Å². The van der Waals surface area contributed by atoms with E-state index in [0.29, 0.717) is 26.4 Å². The van der Waals surface area contributed by atoms with Gasteiger partial charge >= 0.3 is 0 Å². The van der Waals surface area contributed by atoms with Gasteiger partial charge in [0.25, 0.3) is 0 Å². The highest BCUT2D eigenvalue weighted by Crippen LogP contribution is 2.28. The Bertz CT molecular complexity index is 610. The molecule has 2 aromatic rings. The molecule has 0 aliphatic rings. The molecule has 0 aliphatic carbocycles. The van der Waals surface area contributed by atoms with E-state index in [1.54, 1.807) is 7.11 Å². The van der Waals surface area contributed by atoms with Crippen LogP contribution in [0.2, 0.25) is 0 Å². The molecule has 24 heavy (non-hydrogen) atoms. The molecule has 0 bridgehead atoms. The molecule has 0 N–H and O–H groups in total. The van der Waals surface area contributed by atoms with Crippen molar-refractivity contribution in [1.82, 2.24) is 0 Å². The van der Waals surface area contributed by atoms with Gasteiger partial charge in [-0.3, -0.25) is 0 Å². The van der Waals surface area contributed by atoms with Crippen LogP contribution in [0.4, 0.5) is 0 Å². The van der Waals surface area contributed by atoms with Gasteiger partial charge in [-0.05, 0) is 36.2 Å². The van der Waals surface area contributed by atoms with E-state index in [9.17, 15) is 0 Å². The molecular formula is C20H24O4. The Morgan fingerprint density at radius 1 is 0.875 bits per heavy atom. The number of benzene rings is 2. The smallest absolute Gasteiger partial charge is 0.161 e. The topological polar surface area (TPSA) is 36.9 Å². The molecule has 0 aromatic heterocycles. The Morgan fingerprint density at radius 2 is 1.62 bits per heavy atom. The predicted molar refractivity (Wildman–Crippen MR) is 95.1 cm³/mol. The van der Waals surface area contributed by atoms with Gasteiger partial charge in [0.05, 0.1) is 20.3 Å². The SMILES string of the molecule is C=CCc1ccc(OCCOCCOc2ccccc2)c(OC)c1. The van der Waals surface area contributed by atoms with Crippen LogP contribution in [0.5, 0.6) is 17.2 Å². The van der Waals surface area contributed by atoms with Crippen LogP contribution in [0.3, 0.4) is 0 Å². The minimum atomic E-state index is 0.461. The Hall–Kier alpha value is -2.46. The number of rotatable bonds is 11. The lowest BCUT2D eigenvalue weighted by atomic mass is 10.1. The molecule has 2 aromatic carbocycles. The highest BCUT2D eigenvalue weighted by Gasteiger charge is 2.05. The number of para-hydroxylation sites is 1. The van der Waals surface area contributed by atoms with Crippen molar-refractivity contribution in [2.75, 3.05) is 33.5 Å². The van der Waals surface area contributed by atoms with Crippen molar-refractivity contribution in [3.05, 3.63) is 66.7 Å². The van der Waals surface area contributed by atoms with Crippen molar-refractivity contribution >= 4 is 0 Å². The van der Waals surface area contributed by atoms with Crippen LogP contribution < -0.4 is 14.2 Å². The molecule has 0 radical (unpaired) electrons. The highest BCUT2D eigenvalue weighted by molar-refractivity contribution is 5.43. The van der Waals surface area contributed by atoms with Crippen LogP contribution in [0.15, 0.2) is 61.2 Å². The highest BCUT2D eigenvalue weighted by atomic mass is 16.6. The Morgan fingerprint density at radius 3 is 2.33 bits per heavy atom. The fourth-order valence-corrected chi connectivity index (χ4v) is 2.17. The van der Waals surface area contributed by atoms with Gasteiger partial charge in [-0.2, -0.15) is 0 Å². The third kappa shape index (κ3) is 5.97. The Kier molecular flexibility index (Phi) is 7.71. The molecule has 0 atom stereocenters. The lowest BCUT2D eigenvalue weighted by molar-refractivity contribution is 0.0757. The second-order valence-electron chi connectivity index (χ2n) is 5.10. The first-order chi connectivity index (χ1) is 11.8. The summed E-state index contributed by atoms with van der Waals surface area (Å²) >= 11 is 0. The zero-order valence-electron chi connectivity index (χ0n) is 14.1. The monoisotopic (exact) mass is 328 g/mol. The largest absolute Gasteiger partial charge is 0.493 e. The van der Waals surface area contributed by atoms with Gasteiger partial charge in [-0.1, -0.05) is 30.3 Å². The molecule has 0 saturated carbocycles. The third-order valence-corrected chi connectivity index (χ3v) is 3.33. The minimum absolute atomic E-state index is 0.461. The Balaban J connectivity index is 1.64. The van der Waals surface area contributed by atoms with E-state index >= 15 is 0 Å². The molecule has 4 nitrogen and oxygen atoms in total. The molecule has 0 saturated heterocycles. The van der Waals surface area contributed by atoms with Crippen molar-refractivity contribution in [3.63, 3.8) is 0 Å². The maximum atomic E-state index is 5.71. The molecule has 0 heterocycles. The number of hydrogen-bond donors (Lipinski definition) is 0. The summed E-state index contributed by atoms with van der Waals surface area (Å²) in [6.07, 6.45) is 2.67. The van der Waals surface area contributed by atoms with Gasteiger partial charge in [0.2, 0.25) is 0 Å². The molecule has 0 aliphatic heterocycles. The van der Waals surface area contributed by atoms with E-state index in [-0.39, 0.29) is 0 Å². The van der Waals surface area contributed by atoms with Crippen molar-refractivity contribution < 1.29 is 18.9 Å². The lowest BCUT2D eigenvalue weighted by Crippen LogP contribution is -2.12. The van der Waals surface area contributed by atoms with Crippen molar-refractivity contribution in [3.8, 4) is 17.2 Å². The lowest BCUT2D eigenvalue weighted by Gasteiger charge is -2.12. The molecular weight excluding hydrogens is 304 g/mol. The van der Waals surface area contributed by atoms with Crippen molar-refractivity contribution in [1.29, 1.82) is 0 Å². The second-order valence-corrected chi connectivity index (χ2v) is 5.10. The van der Waals surface area contributed by atoms with Gasteiger partial charge in [-0.15, -0.1) is 6.58 Å². The molecule has 0 spiro atoms. The van der Waals surface area contributed by atoms with Gasteiger partial charge in [0.15, 0.2) is 11.5 Å². The van der Waals surface area contributed by atoms with Crippen LogP contribution in [0.25, 0.3) is 0 Å². The molecule has 0 unspecified atom stereocenters. The van der Waals surface area contributed by atoms with E-state index in [2.05, 4.69) is 6.58 Å². The normalized spacial score (nSPS) is 10.2. The average molecular weight is 328 g/mol. The maximum absolute atomic E-state index is 5.71. The quantitative estimate of drug-likeness (QED) is 0.463. The number of ether oxygens (including phenoxy) is 4. The zero-order valence-corrected chi connectivity index (χ0v) is 14.1. The van der Waals surface area contributed by atoms with Crippen LogP contribution in [0.1, 0.15) is 5.56 Å². The van der Waals surface area contributed by atoms with Crippen LogP contribution in [0, 0.1) is 0 Å². The van der Waals surface area contributed by atoms with Gasteiger partial charge in [-0.25, -0.2) is 0 Å². The summed E-state index contributed by atoms with van der Waals surface area (Å²) in [7, 11) is 1.64. The number of methoxy groups -OCH3 is 1. The fraction of sp³-hybridized carbons (Fsp3) is 0.300. The standard InChI is InChI=1S/C20H24O4/c1-3-7-17-10-11-19(20(16-17)21-2)24-15-13-22-12-14-23-18-8-5-4-6-9-18/h3-6,8-11,16H,1,7,12-15H2,2H3. The van der Waals surface area contributed by atoms with E-state index in [1.165, 1.54) is 0 Å². The van der Waals surface area contributed by atoms with Crippen molar-refractivity contribution in [2.24, 2.45) is 0 Å². The molecule has 4 heteroatoms. The summed E-state index contributed by atoms with van der Waals surface area (Å²) in [5.41, 5.74) is 1.14. The van der Waals surface area contributed by atoms with Gasteiger partial charge < -0.3 is 18.9 Å². The first-order valence-electron chi connectivity index (χ1n) is 7.99. The number of hydrogen-bond acceptors (Lipinski definition) is 4. The first-order valence-corrected chi connectivity index (χ1v) is 7.99. The number of allylic oxidation sites excluding steroid dienone is 1. The fourth-order valence-electron chi connectivity index (χ4n) is 2.17. The maximum Gasteiger partial charge on any atom is 0.161 e. The van der Waals surface area contributed by atoms with E-state index in [1.807, 2.05) is 54.6 Å². The van der Waals surface area contributed by atoms with E-state index in [0.717, 1.165) is 29.2 Å². The van der Waals surface area contributed by atoms with Crippen LogP contribution in [-0.2, 0) is 11.2 Å². The summed E-state index contributed by atoms with van der Waals surface area (Å²) < 4.78 is 22.1. The first kappa shape index (κ1) is 17.9. The summed E-state index contributed by atoms with van der Waals surface area (Å²) in [5, 5.41) is 0. The molecule has 0 fully saturated rings. The molecule has 0 amide bonds. The van der Waals surface area contributed by atoms with Gasteiger partial charge in [0, 0.05) is 0 Å². The van der Waals surface area contributed by atoms with E-state index < -0.39 is 0 Å². The molecule has 2 rings (SSSR count). The third-order valence-electron chi connectivity index (χ3n) is 3.33.